The molecule has 1 amide bonds. The molecule has 130 valence electrons. The van der Waals surface area contributed by atoms with Gasteiger partial charge in [0.05, 0.1) is 24.1 Å². The summed E-state index contributed by atoms with van der Waals surface area (Å²) in [6.45, 7) is 2.18. The lowest BCUT2D eigenvalue weighted by Crippen LogP contribution is -2.60. The molecule has 2 aliphatic heterocycles. The van der Waals surface area contributed by atoms with Gasteiger partial charge in [0, 0.05) is 37.7 Å². The van der Waals surface area contributed by atoms with Crippen LogP contribution in [0.3, 0.4) is 0 Å². The Balaban J connectivity index is 1.61. The van der Waals surface area contributed by atoms with E-state index in [1.165, 1.54) is 0 Å². The van der Waals surface area contributed by atoms with Crippen LogP contribution in [0.2, 0.25) is 0 Å². The Kier molecular flexibility index (Phi) is 3.83. The summed E-state index contributed by atoms with van der Waals surface area (Å²) in [5, 5.41) is 9.02. The van der Waals surface area contributed by atoms with Crippen LogP contribution in [0.25, 0.3) is 0 Å². The molecular formula is C17H24N4O3. The number of aliphatic carboxylic acids is 1. The van der Waals surface area contributed by atoms with Crippen LogP contribution in [0, 0.1) is 5.92 Å². The van der Waals surface area contributed by atoms with Crippen molar-refractivity contribution in [1.29, 1.82) is 0 Å². The van der Waals surface area contributed by atoms with E-state index in [9.17, 15) is 9.59 Å². The summed E-state index contributed by atoms with van der Waals surface area (Å²) in [5.41, 5.74) is 1.80. The number of imidazole rings is 1. The number of aromatic amines is 1. The van der Waals surface area contributed by atoms with E-state index in [-0.39, 0.29) is 23.9 Å². The summed E-state index contributed by atoms with van der Waals surface area (Å²) in [7, 11) is 0. The Morgan fingerprint density at radius 2 is 2.04 bits per heavy atom. The third-order valence-corrected chi connectivity index (χ3v) is 6.02. The number of hydrogen-bond acceptors (Lipinski definition) is 4. The zero-order valence-electron chi connectivity index (χ0n) is 13.8. The highest BCUT2D eigenvalue weighted by Gasteiger charge is 2.50. The van der Waals surface area contributed by atoms with Crippen molar-refractivity contribution in [3.63, 3.8) is 0 Å². The van der Waals surface area contributed by atoms with E-state index in [1.54, 1.807) is 6.33 Å². The van der Waals surface area contributed by atoms with E-state index in [0.717, 1.165) is 56.5 Å². The van der Waals surface area contributed by atoms with Gasteiger partial charge in [0.2, 0.25) is 5.91 Å². The van der Waals surface area contributed by atoms with E-state index in [2.05, 4.69) is 14.9 Å². The molecule has 7 nitrogen and oxygen atoms in total. The fourth-order valence-electron chi connectivity index (χ4n) is 4.45. The first-order valence-electron chi connectivity index (χ1n) is 8.88. The molecule has 4 rings (SSSR count). The predicted molar refractivity (Wildman–Crippen MR) is 86.3 cm³/mol. The van der Waals surface area contributed by atoms with Gasteiger partial charge in [-0.1, -0.05) is 6.42 Å². The van der Waals surface area contributed by atoms with Crippen LogP contribution >= 0.6 is 0 Å². The van der Waals surface area contributed by atoms with E-state index < -0.39 is 5.97 Å². The second kappa shape index (κ2) is 5.88. The fourth-order valence-corrected chi connectivity index (χ4v) is 4.45. The molecule has 1 aromatic rings. The average Bonchev–Trinajstić information content (AvgIpc) is 2.97. The molecule has 24 heavy (non-hydrogen) atoms. The number of carbonyl (C=O) groups excluding carboxylic acids is 1. The average molecular weight is 332 g/mol. The Morgan fingerprint density at radius 1 is 1.29 bits per heavy atom. The van der Waals surface area contributed by atoms with Crippen molar-refractivity contribution in [2.24, 2.45) is 5.92 Å². The first kappa shape index (κ1) is 15.6. The lowest BCUT2D eigenvalue weighted by molar-refractivity contribution is -0.150. The molecule has 0 radical (unpaired) electrons. The maximum absolute atomic E-state index is 13.0. The number of carbonyl (C=O) groups is 2. The van der Waals surface area contributed by atoms with E-state index >= 15 is 0 Å². The van der Waals surface area contributed by atoms with Gasteiger partial charge in [-0.3, -0.25) is 14.5 Å². The highest BCUT2D eigenvalue weighted by Crippen LogP contribution is 2.44. The standard InChI is InChI=1S/C17H24N4O3/c22-14(23)10-20-8-5-17(6-9-20)15-13(18-11-19-15)4-7-21(17)16(24)12-2-1-3-12/h11-12H,1-10H2,(H,18,19)(H,22,23). The molecule has 0 atom stereocenters. The number of hydrogen-bond donors (Lipinski definition) is 2. The summed E-state index contributed by atoms with van der Waals surface area (Å²) in [5.74, 6) is -0.335. The van der Waals surface area contributed by atoms with E-state index in [4.69, 9.17) is 5.11 Å². The van der Waals surface area contributed by atoms with Crippen LogP contribution in [-0.2, 0) is 21.5 Å². The number of rotatable bonds is 3. The largest absolute Gasteiger partial charge is 0.480 e. The van der Waals surface area contributed by atoms with Gasteiger partial charge < -0.3 is 15.0 Å². The molecule has 1 saturated carbocycles. The molecule has 3 heterocycles. The molecule has 0 bridgehead atoms. The van der Waals surface area contributed by atoms with E-state index in [0.29, 0.717) is 13.1 Å². The highest BCUT2D eigenvalue weighted by atomic mass is 16.4. The predicted octanol–water partition coefficient (Wildman–Crippen LogP) is 0.970. The Labute approximate surface area is 141 Å². The number of H-pyrrole nitrogens is 1. The van der Waals surface area contributed by atoms with Gasteiger partial charge in [0.1, 0.15) is 0 Å². The Bertz CT molecular complexity index is 644. The Hall–Kier alpha value is -1.89. The second-order valence-electron chi connectivity index (χ2n) is 7.30. The van der Waals surface area contributed by atoms with Crippen LogP contribution in [-0.4, -0.2) is 62.9 Å². The minimum Gasteiger partial charge on any atom is -0.480 e. The summed E-state index contributed by atoms with van der Waals surface area (Å²) in [6, 6.07) is 0. The number of nitrogens with one attached hydrogen (secondary N) is 1. The van der Waals surface area contributed by atoms with Crippen molar-refractivity contribution < 1.29 is 14.7 Å². The van der Waals surface area contributed by atoms with Crippen molar-refractivity contribution >= 4 is 11.9 Å². The number of amides is 1. The smallest absolute Gasteiger partial charge is 0.317 e. The fraction of sp³-hybridized carbons (Fsp3) is 0.706. The SMILES string of the molecule is O=C(O)CN1CCC2(CC1)c1nc[nH]c1CCN2C(=O)C1CCC1. The lowest BCUT2D eigenvalue weighted by atomic mass is 9.76. The first-order chi connectivity index (χ1) is 11.6. The zero-order chi connectivity index (χ0) is 16.7. The number of fused-ring (bicyclic) bond motifs is 2. The van der Waals surface area contributed by atoms with Crippen molar-refractivity contribution in [3.8, 4) is 0 Å². The lowest BCUT2D eigenvalue weighted by Gasteiger charge is -2.51. The van der Waals surface area contributed by atoms with Gasteiger partial charge in [0.15, 0.2) is 0 Å². The minimum absolute atomic E-state index is 0.0695. The molecule has 7 heteroatoms. The zero-order valence-corrected chi connectivity index (χ0v) is 13.8. The summed E-state index contributed by atoms with van der Waals surface area (Å²) < 4.78 is 0. The first-order valence-corrected chi connectivity index (χ1v) is 8.88. The van der Waals surface area contributed by atoms with Gasteiger partial charge in [-0.2, -0.15) is 0 Å². The molecule has 1 aromatic heterocycles. The van der Waals surface area contributed by atoms with Gasteiger partial charge >= 0.3 is 5.97 Å². The van der Waals surface area contributed by atoms with Crippen LogP contribution in [0.5, 0.6) is 0 Å². The minimum atomic E-state index is -0.794. The van der Waals surface area contributed by atoms with Gasteiger partial charge in [-0.15, -0.1) is 0 Å². The molecule has 1 aliphatic carbocycles. The maximum Gasteiger partial charge on any atom is 0.317 e. The molecule has 0 aromatic carbocycles. The second-order valence-corrected chi connectivity index (χ2v) is 7.30. The number of likely N-dealkylation sites (tertiary alicyclic amines) is 1. The van der Waals surface area contributed by atoms with Gasteiger partial charge in [-0.25, -0.2) is 4.98 Å². The number of piperidine rings is 1. The maximum atomic E-state index is 13.0. The number of nitrogens with zero attached hydrogens (tertiary/aromatic N) is 3. The van der Waals surface area contributed by atoms with E-state index in [1.807, 2.05) is 4.90 Å². The molecular weight excluding hydrogens is 308 g/mol. The van der Waals surface area contributed by atoms with Crippen molar-refractivity contribution in [1.82, 2.24) is 19.8 Å². The quantitative estimate of drug-likeness (QED) is 0.861. The van der Waals surface area contributed by atoms with Gasteiger partial charge in [-0.05, 0) is 25.7 Å². The van der Waals surface area contributed by atoms with Crippen molar-refractivity contribution in [3.05, 3.63) is 17.7 Å². The van der Waals surface area contributed by atoms with Crippen LogP contribution in [0.1, 0.15) is 43.5 Å². The summed E-state index contributed by atoms with van der Waals surface area (Å²) in [4.78, 5) is 35.8. The van der Waals surface area contributed by atoms with Crippen LogP contribution < -0.4 is 0 Å². The number of aromatic nitrogens is 2. The van der Waals surface area contributed by atoms with Crippen LogP contribution in [0.15, 0.2) is 6.33 Å². The van der Waals surface area contributed by atoms with Gasteiger partial charge in [0.25, 0.3) is 0 Å². The monoisotopic (exact) mass is 332 g/mol. The number of carboxylic acids is 1. The molecule has 0 unspecified atom stereocenters. The van der Waals surface area contributed by atoms with Crippen molar-refractivity contribution in [2.75, 3.05) is 26.2 Å². The van der Waals surface area contributed by atoms with Crippen LogP contribution in [0.4, 0.5) is 0 Å². The molecule has 2 fully saturated rings. The third-order valence-electron chi connectivity index (χ3n) is 6.02. The summed E-state index contributed by atoms with van der Waals surface area (Å²) >= 11 is 0. The molecule has 3 aliphatic rings. The molecule has 1 saturated heterocycles. The normalized spacial score (nSPS) is 23.8. The topological polar surface area (TPSA) is 89.5 Å². The van der Waals surface area contributed by atoms with Crippen molar-refractivity contribution in [2.45, 2.75) is 44.1 Å². The third kappa shape index (κ3) is 2.42. The molecule has 2 N–H and O–H groups in total. The highest BCUT2D eigenvalue weighted by molar-refractivity contribution is 5.81. The Morgan fingerprint density at radius 3 is 2.67 bits per heavy atom. The number of carboxylic acid groups (broad SMARTS) is 1. The molecule has 1 spiro atoms. The summed E-state index contributed by atoms with van der Waals surface area (Å²) in [6.07, 6.45) is 7.24.